The Bertz CT molecular complexity index is 279. The maximum atomic E-state index is 12.8. The molecular weight excluding hydrogens is 164 g/mol. The third-order valence-corrected chi connectivity index (χ3v) is 1.29. The molecule has 0 amide bonds. The Morgan fingerprint density at radius 3 is 2.42 bits per heavy atom. The van der Waals surface area contributed by atoms with Gasteiger partial charge < -0.3 is 4.84 Å². The van der Waals surface area contributed by atoms with Gasteiger partial charge >= 0.3 is 0 Å². The highest BCUT2D eigenvalue weighted by molar-refractivity contribution is 5.79. The van der Waals surface area contributed by atoms with Crippen LogP contribution in [-0.4, -0.2) is 13.3 Å². The Balaban J connectivity index is 3.04. The molecule has 2 nitrogen and oxygen atoms in total. The van der Waals surface area contributed by atoms with Crippen LogP contribution < -0.4 is 0 Å². The summed E-state index contributed by atoms with van der Waals surface area (Å²) < 4.78 is 25.6. The van der Waals surface area contributed by atoms with Crippen LogP contribution in [0.3, 0.4) is 0 Å². The lowest BCUT2D eigenvalue weighted by Crippen LogP contribution is -1.93. The van der Waals surface area contributed by atoms with E-state index in [2.05, 4.69) is 9.99 Å². The fourth-order valence-electron chi connectivity index (χ4n) is 0.739. The number of halogens is 2. The number of hydrogen-bond acceptors (Lipinski definition) is 2. The van der Waals surface area contributed by atoms with Gasteiger partial charge in [-0.15, -0.1) is 0 Å². The number of rotatable bonds is 2. The Hall–Kier alpha value is -1.45. The quantitative estimate of drug-likeness (QED) is 0.492. The summed E-state index contributed by atoms with van der Waals surface area (Å²) in [5, 5.41) is 3.26. The summed E-state index contributed by atoms with van der Waals surface area (Å²) in [5.41, 5.74) is -0.195. The molecule has 4 heteroatoms. The average molecular weight is 171 g/mol. The van der Waals surface area contributed by atoms with E-state index in [-0.39, 0.29) is 5.56 Å². The number of benzene rings is 1. The molecule has 12 heavy (non-hydrogen) atoms. The average Bonchev–Trinajstić information content (AvgIpc) is 2.04. The first-order valence-corrected chi connectivity index (χ1v) is 3.26. The molecule has 1 rings (SSSR count). The fourth-order valence-corrected chi connectivity index (χ4v) is 0.739. The fraction of sp³-hybridized carbons (Fsp3) is 0.125. The second-order valence-electron chi connectivity index (χ2n) is 2.05. The van der Waals surface area contributed by atoms with E-state index in [1.54, 1.807) is 0 Å². The van der Waals surface area contributed by atoms with Gasteiger partial charge in [-0.25, -0.2) is 8.78 Å². The van der Waals surface area contributed by atoms with Crippen LogP contribution in [0, 0.1) is 11.6 Å². The molecule has 0 aromatic heterocycles. The predicted molar refractivity (Wildman–Crippen MR) is 41.0 cm³/mol. The summed E-state index contributed by atoms with van der Waals surface area (Å²) in [5.74, 6) is -1.31. The first-order chi connectivity index (χ1) is 5.75. The highest BCUT2D eigenvalue weighted by atomic mass is 19.1. The molecule has 1 aromatic rings. The lowest BCUT2D eigenvalue weighted by molar-refractivity contribution is 0.215. The van der Waals surface area contributed by atoms with E-state index in [4.69, 9.17) is 0 Å². The minimum absolute atomic E-state index is 0.195. The van der Waals surface area contributed by atoms with Crippen molar-refractivity contribution in [2.75, 3.05) is 7.11 Å². The minimum atomic E-state index is -0.657. The van der Waals surface area contributed by atoms with E-state index in [0.29, 0.717) is 0 Å². The lowest BCUT2D eigenvalue weighted by atomic mass is 10.2. The standard InChI is InChI=1S/C8H7F2NO/c1-12-11-5-6-7(9)3-2-4-8(6)10/h2-5H,1H3. The normalized spacial score (nSPS) is 10.6. The first kappa shape index (κ1) is 8.64. The summed E-state index contributed by atoms with van der Waals surface area (Å²) >= 11 is 0. The molecule has 0 heterocycles. The van der Waals surface area contributed by atoms with Gasteiger partial charge in [0.15, 0.2) is 0 Å². The van der Waals surface area contributed by atoms with Crippen LogP contribution in [0.15, 0.2) is 23.4 Å². The van der Waals surface area contributed by atoms with Crippen molar-refractivity contribution in [3.63, 3.8) is 0 Å². The Labute approximate surface area is 68.5 Å². The molecule has 0 bridgehead atoms. The third kappa shape index (κ3) is 1.78. The van der Waals surface area contributed by atoms with Gasteiger partial charge in [0.2, 0.25) is 0 Å². The molecule has 0 saturated heterocycles. The highest BCUT2D eigenvalue weighted by Gasteiger charge is 2.04. The molecule has 0 atom stereocenters. The van der Waals surface area contributed by atoms with Crippen molar-refractivity contribution in [2.24, 2.45) is 5.16 Å². The van der Waals surface area contributed by atoms with Gasteiger partial charge in [-0.1, -0.05) is 11.2 Å². The van der Waals surface area contributed by atoms with Crippen LogP contribution in [-0.2, 0) is 4.84 Å². The van der Waals surface area contributed by atoms with Gasteiger partial charge in [0.25, 0.3) is 0 Å². The summed E-state index contributed by atoms with van der Waals surface area (Å²) in [6, 6.07) is 3.59. The van der Waals surface area contributed by atoms with E-state index in [9.17, 15) is 8.78 Å². The third-order valence-electron chi connectivity index (χ3n) is 1.29. The number of oxime groups is 1. The molecule has 0 aliphatic carbocycles. The van der Waals surface area contributed by atoms with Crippen molar-refractivity contribution in [3.05, 3.63) is 35.4 Å². The summed E-state index contributed by atoms with van der Waals surface area (Å²) in [6.07, 6.45) is 0.991. The monoisotopic (exact) mass is 171 g/mol. The zero-order valence-corrected chi connectivity index (χ0v) is 6.42. The van der Waals surface area contributed by atoms with Crippen molar-refractivity contribution in [1.29, 1.82) is 0 Å². The van der Waals surface area contributed by atoms with Crippen molar-refractivity contribution in [3.8, 4) is 0 Å². The molecule has 0 N–H and O–H groups in total. The van der Waals surface area contributed by atoms with Gasteiger partial charge in [-0.2, -0.15) is 0 Å². The van der Waals surface area contributed by atoms with Gasteiger partial charge in [0.05, 0.1) is 11.8 Å². The summed E-state index contributed by atoms with van der Waals surface area (Å²) in [4.78, 5) is 4.29. The van der Waals surface area contributed by atoms with Gasteiger partial charge in [0, 0.05) is 0 Å². The van der Waals surface area contributed by atoms with Crippen molar-refractivity contribution in [2.45, 2.75) is 0 Å². The molecule has 1 aromatic carbocycles. The molecule has 0 aliphatic rings. The maximum Gasteiger partial charge on any atom is 0.135 e. The Kier molecular flexibility index (Phi) is 2.74. The Morgan fingerprint density at radius 1 is 1.33 bits per heavy atom. The van der Waals surface area contributed by atoms with Crippen molar-refractivity contribution in [1.82, 2.24) is 0 Å². The van der Waals surface area contributed by atoms with Crippen LogP contribution in [0.2, 0.25) is 0 Å². The molecule has 0 fully saturated rings. The molecule has 0 spiro atoms. The number of nitrogens with zero attached hydrogens (tertiary/aromatic N) is 1. The zero-order valence-electron chi connectivity index (χ0n) is 6.42. The molecule has 0 aliphatic heterocycles. The zero-order chi connectivity index (χ0) is 8.97. The Morgan fingerprint density at radius 2 is 1.92 bits per heavy atom. The second kappa shape index (κ2) is 3.80. The van der Waals surface area contributed by atoms with Gasteiger partial charge in [-0.3, -0.25) is 0 Å². The largest absolute Gasteiger partial charge is 0.399 e. The van der Waals surface area contributed by atoms with Crippen LogP contribution in [0.1, 0.15) is 5.56 Å². The smallest absolute Gasteiger partial charge is 0.135 e. The summed E-state index contributed by atoms with van der Waals surface area (Å²) in [7, 11) is 1.30. The van der Waals surface area contributed by atoms with Crippen LogP contribution in [0.5, 0.6) is 0 Å². The molecular formula is C8H7F2NO. The first-order valence-electron chi connectivity index (χ1n) is 3.26. The highest BCUT2D eigenvalue weighted by Crippen LogP contribution is 2.08. The molecule has 0 radical (unpaired) electrons. The van der Waals surface area contributed by atoms with Crippen LogP contribution >= 0.6 is 0 Å². The second-order valence-corrected chi connectivity index (χ2v) is 2.05. The van der Waals surface area contributed by atoms with E-state index >= 15 is 0 Å². The van der Waals surface area contributed by atoms with E-state index in [1.807, 2.05) is 0 Å². The van der Waals surface area contributed by atoms with Crippen LogP contribution in [0.25, 0.3) is 0 Å². The predicted octanol–water partition coefficient (Wildman–Crippen LogP) is 1.95. The van der Waals surface area contributed by atoms with E-state index in [1.165, 1.54) is 13.2 Å². The summed E-state index contributed by atoms with van der Waals surface area (Å²) in [6.45, 7) is 0. The van der Waals surface area contributed by atoms with Crippen LogP contribution in [0.4, 0.5) is 8.78 Å². The molecule has 0 saturated carbocycles. The molecule has 64 valence electrons. The van der Waals surface area contributed by atoms with E-state index in [0.717, 1.165) is 18.3 Å². The van der Waals surface area contributed by atoms with Gasteiger partial charge in [-0.05, 0) is 12.1 Å². The van der Waals surface area contributed by atoms with E-state index < -0.39 is 11.6 Å². The number of hydrogen-bond donors (Lipinski definition) is 0. The lowest BCUT2D eigenvalue weighted by Gasteiger charge is -1.96. The topological polar surface area (TPSA) is 21.6 Å². The van der Waals surface area contributed by atoms with Crippen molar-refractivity contribution >= 4 is 6.21 Å². The minimum Gasteiger partial charge on any atom is -0.399 e. The van der Waals surface area contributed by atoms with Crippen molar-refractivity contribution < 1.29 is 13.6 Å². The molecule has 0 unspecified atom stereocenters. The SMILES string of the molecule is CON=Cc1c(F)cccc1F. The maximum absolute atomic E-state index is 12.8. The van der Waals surface area contributed by atoms with Gasteiger partial charge in [0.1, 0.15) is 18.7 Å².